The maximum absolute atomic E-state index is 13.5. The normalized spacial score (nSPS) is 16.6. The Morgan fingerprint density at radius 2 is 1.93 bits per heavy atom. The average molecular weight is 395 g/mol. The molecule has 1 unspecified atom stereocenters. The number of hydrogen-bond donors (Lipinski definition) is 0. The molecule has 2 aromatic carbocycles. The Morgan fingerprint density at radius 1 is 1.14 bits per heavy atom. The fourth-order valence-corrected chi connectivity index (χ4v) is 4.94. The molecular formula is C23H26N2O2S. The molecule has 1 fully saturated rings. The van der Waals surface area contributed by atoms with E-state index in [9.17, 15) is 4.79 Å². The Kier molecular flexibility index (Phi) is 5.21. The largest absolute Gasteiger partial charge is 0.376 e. The van der Waals surface area contributed by atoms with Gasteiger partial charge in [-0.15, -0.1) is 0 Å². The summed E-state index contributed by atoms with van der Waals surface area (Å²) in [4.78, 5) is 20.2. The predicted molar refractivity (Wildman–Crippen MR) is 116 cm³/mol. The third-order valence-corrected chi connectivity index (χ3v) is 6.54. The van der Waals surface area contributed by atoms with E-state index in [2.05, 4.69) is 32.0 Å². The average Bonchev–Trinajstić information content (AvgIpc) is 3.28. The molecule has 2 heterocycles. The first-order valence-electron chi connectivity index (χ1n) is 9.81. The summed E-state index contributed by atoms with van der Waals surface area (Å²) in [5.74, 6) is 0.00133. The van der Waals surface area contributed by atoms with E-state index >= 15 is 0 Å². The van der Waals surface area contributed by atoms with Crippen LogP contribution in [-0.4, -0.2) is 30.1 Å². The van der Waals surface area contributed by atoms with E-state index in [1.807, 2.05) is 30.9 Å². The number of nitrogens with zero attached hydrogens (tertiary/aromatic N) is 2. The highest BCUT2D eigenvalue weighted by Crippen LogP contribution is 2.34. The quantitative estimate of drug-likeness (QED) is 0.598. The Balaban J connectivity index is 1.76. The molecule has 5 heteroatoms. The van der Waals surface area contributed by atoms with E-state index in [1.165, 1.54) is 11.1 Å². The molecule has 0 N–H and O–H groups in total. The highest BCUT2D eigenvalue weighted by atomic mass is 32.1. The van der Waals surface area contributed by atoms with Gasteiger partial charge in [0.15, 0.2) is 5.13 Å². The van der Waals surface area contributed by atoms with Crippen molar-refractivity contribution in [1.82, 2.24) is 4.98 Å². The molecule has 0 aliphatic carbocycles. The van der Waals surface area contributed by atoms with Crippen LogP contribution in [0.3, 0.4) is 0 Å². The van der Waals surface area contributed by atoms with Crippen molar-refractivity contribution in [3.63, 3.8) is 0 Å². The van der Waals surface area contributed by atoms with Gasteiger partial charge in [0.25, 0.3) is 5.91 Å². The Hall–Kier alpha value is -2.24. The lowest BCUT2D eigenvalue weighted by molar-refractivity contribution is 0.0917. The van der Waals surface area contributed by atoms with Gasteiger partial charge in [0.2, 0.25) is 0 Å². The van der Waals surface area contributed by atoms with Crippen molar-refractivity contribution in [2.75, 3.05) is 18.1 Å². The number of aryl methyl sites for hydroxylation is 4. The first kappa shape index (κ1) is 19.1. The van der Waals surface area contributed by atoms with E-state index in [0.717, 1.165) is 51.5 Å². The molecule has 0 spiro atoms. The van der Waals surface area contributed by atoms with Crippen LogP contribution in [0.25, 0.3) is 10.2 Å². The van der Waals surface area contributed by atoms with Gasteiger partial charge in [-0.2, -0.15) is 0 Å². The number of amides is 1. The zero-order valence-electron chi connectivity index (χ0n) is 16.9. The van der Waals surface area contributed by atoms with Crippen LogP contribution in [-0.2, 0) is 4.74 Å². The lowest BCUT2D eigenvalue weighted by atomic mass is 10.0. The van der Waals surface area contributed by atoms with Gasteiger partial charge in [-0.25, -0.2) is 4.98 Å². The molecule has 0 radical (unpaired) electrons. The number of aromatic nitrogens is 1. The van der Waals surface area contributed by atoms with Crippen LogP contribution in [0.2, 0.25) is 0 Å². The summed E-state index contributed by atoms with van der Waals surface area (Å²) < 4.78 is 6.98. The molecule has 1 aliphatic rings. The van der Waals surface area contributed by atoms with Crippen molar-refractivity contribution in [3.05, 3.63) is 58.1 Å². The molecule has 3 aromatic rings. The number of hydrogen-bond acceptors (Lipinski definition) is 4. The number of anilines is 1. The third-order valence-electron chi connectivity index (χ3n) is 5.31. The van der Waals surface area contributed by atoms with Crippen molar-refractivity contribution >= 4 is 32.6 Å². The summed E-state index contributed by atoms with van der Waals surface area (Å²) in [6.45, 7) is 9.54. The van der Waals surface area contributed by atoms with Crippen LogP contribution in [0.1, 0.15) is 45.5 Å². The number of ether oxygens (including phenoxy) is 1. The minimum Gasteiger partial charge on any atom is -0.376 e. The van der Waals surface area contributed by atoms with Crippen LogP contribution in [0.15, 0.2) is 30.3 Å². The minimum atomic E-state index is 0.00133. The highest BCUT2D eigenvalue weighted by molar-refractivity contribution is 7.22. The zero-order chi connectivity index (χ0) is 19.8. The van der Waals surface area contributed by atoms with Gasteiger partial charge in [0.05, 0.1) is 22.9 Å². The molecule has 146 valence electrons. The number of benzene rings is 2. The maximum atomic E-state index is 13.5. The molecule has 4 nitrogen and oxygen atoms in total. The van der Waals surface area contributed by atoms with E-state index in [-0.39, 0.29) is 12.0 Å². The first-order valence-corrected chi connectivity index (χ1v) is 10.6. The number of thiazole rings is 1. The monoisotopic (exact) mass is 394 g/mol. The maximum Gasteiger partial charge on any atom is 0.260 e. The van der Waals surface area contributed by atoms with Crippen LogP contribution < -0.4 is 4.90 Å². The van der Waals surface area contributed by atoms with Crippen molar-refractivity contribution in [2.24, 2.45) is 0 Å². The summed E-state index contributed by atoms with van der Waals surface area (Å²) in [6, 6.07) is 10.2. The fraction of sp³-hybridized carbons (Fsp3) is 0.391. The molecule has 1 aromatic heterocycles. The Bertz CT molecular complexity index is 1030. The zero-order valence-corrected chi connectivity index (χ0v) is 17.7. The molecule has 0 bridgehead atoms. The second kappa shape index (κ2) is 7.64. The fourth-order valence-electron chi connectivity index (χ4n) is 3.92. The second-order valence-electron chi connectivity index (χ2n) is 7.80. The van der Waals surface area contributed by atoms with Crippen LogP contribution in [0, 0.1) is 27.7 Å². The highest BCUT2D eigenvalue weighted by Gasteiger charge is 2.28. The second-order valence-corrected chi connectivity index (χ2v) is 8.77. The van der Waals surface area contributed by atoms with Crippen LogP contribution >= 0.6 is 11.3 Å². The van der Waals surface area contributed by atoms with Crippen molar-refractivity contribution < 1.29 is 9.53 Å². The summed E-state index contributed by atoms with van der Waals surface area (Å²) in [5, 5.41) is 0.754. The topological polar surface area (TPSA) is 42.4 Å². The van der Waals surface area contributed by atoms with Crippen molar-refractivity contribution in [3.8, 4) is 0 Å². The predicted octanol–water partition coefficient (Wildman–Crippen LogP) is 5.36. The van der Waals surface area contributed by atoms with E-state index in [0.29, 0.717) is 6.54 Å². The number of fused-ring (bicyclic) bond motifs is 1. The number of rotatable bonds is 4. The lowest BCUT2D eigenvalue weighted by Gasteiger charge is -2.24. The molecule has 1 amide bonds. The van der Waals surface area contributed by atoms with E-state index in [4.69, 9.17) is 9.72 Å². The van der Waals surface area contributed by atoms with Crippen LogP contribution in [0.5, 0.6) is 0 Å². The van der Waals surface area contributed by atoms with Crippen LogP contribution in [0.4, 0.5) is 5.13 Å². The summed E-state index contributed by atoms with van der Waals surface area (Å²) >= 11 is 1.59. The molecule has 1 saturated heterocycles. The number of carbonyl (C=O) groups excluding carboxylic acids is 1. The van der Waals surface area contributed by atoms with Gasteiger partial charge in [0, 0.05) is 12.2 Å². The van der Waals surface area contributed by atoms with Gasteiger partial charge < -0.3 is 4.74 Å². The third kappa shape index (κ3) is 3.69. The van der Waals surface area contributed by atoms with E-state index in [1.54, 1.807) is 11.3 Å². The molecule has 0 saturated carbocycles. The lowest BCUT2D eigenvalue weighted by Crippen LogP contribution is -2.37. The summed E-state index contributed by atoms with van der Waals surface area (Å²) in [7, 11) is 0. The Morgan fingerprint density at radius 3 is 2.64 bits per heavy atom. The Labute approximate surface area is 170 Å². The van der Waals surface area contributed by atoms with Crippen molar-refractivity contribution in [2.45, 2.75) is 46.6 Å². The van der Waals surface area contributed by atoms with E-state index < -0.39 is 0 Å². The SMILES string of the molecule is Cc1ccc(C(=O)N(CC2CCCO2)c2nc3cc(C)cc(C)c3s2)c(C)c1. The molecular weight excluding hydrogens is 368 g/mol. The van der Waals surface area contributed by atoms with Gasteiger partial charge in [-0.1, -0.05) is 35.1 Å². The van der Waals surface area contributed by atoms with Gasteiger partial charge in [-0.3, -0.25) is 9.69 Å². The summed E-state index contributed by atoms with van der Waals surface area (Å²) in [6.07, 6.45) is 2.11. The van der Waals surface area contributed by atoms with Gasteiger partial charge in [0.1, 0.15) is 0 Å². The number of carbonyl (C=O) groups is 1. The molecule has 28 heavy (non-hydrogen) atoms. The van der Waals surface area contributed by atoms with Gasteiger partial charge in [-0.05, 0) is 69.4 Å². The molecule has 4 rings (SSSR count). The molecule has 1 aliphatic heterocycles. The molecule has 1 atom stereocenters. The van der Waals surface area contributed by atoms with Gasteiger partial charge >= 0.3 is 0 Å². The smallest absolute Gasteiger partial charge is 0.260 e. The standard InChI is InChI=1S/C23H26N2O2S/c1-14-7-8-19(16(3)10-14)22(26)25(13-18-6-5-9-27-18)23-24-20-12-15(2)11-17(4)21(20)28-23/h7-8,10-12,18H,5-6,9,13H2,1-4H3. The summed E-state index contributed by atoms with van der Waals surface area (Å²) in [5.41, 5.74) is 6.24. The van der Waals surface area contributed by atoms with Crippen molar-refractivity contribution in [1.29, 1.82) is 0 Å². The minimum absolute atomic E-state index is 0.00133. The first-order chi connectivity index (χ1) is 13.4.